The topological polar surface area (TPSA) is 46.1 Å². The third-order valence-electron chi connectivity index (χ3n) is 5.45. The average molecular weight is 495 g/mol. The van der Waals surface area contributed by atoms with Gasteiger partial charge in [0.05, 0.1) is 12.7 Å². The molecule has 0 bridgehead atoms. The van der Waals surface area contributed by atoms with Crippen LogP contribution in [0.5, 0.6) is 0 Å². The predicted molar refractivity (Wildman–Crippen MR) is 124 cm³/mol. The highest BCUT2D eigenvalue weighted by Gasteiger charge is 2.24. The zero-order chi connectivity index (χ0) is 18.5. The van der Waals surface area contributed by atoms with Gasteiger partial charge < -0.3 is 19.7 Å². The molecule has 1 saturated heterocycles. The van der Waals surface area contributed by atoms with Gasteiger partial charge in [0.25, 0.3) is 0 Å². The van der Waals surface area contributed by atoms with E-state index in [9.17, 15) is 0 Å². The molecule has 0 amide bonds. The van der Waals surface area contributed by atoms with Crippen LogP contribution in [0.3, 0.4) is 0 Å². The fraction of sp³-hybridized carbons (Fsp3) is 0.952. The number of hydrogen-bond acceptors (Lipinski definition) is 3. The molecule has 1 atom stereocenters. The molecule has 6 heteroatoms. The first-order chi connectivity index (χ1) is 12.8. The molecular weight excluding hydrogens is 453 g/mol. The van der Waals surface area contributed by atoms with Gasteiger partial charge in [0, 0.05) is 45.3 Å². The second kappa shape index (κ2) is 15.8. The first kappa shape index (κ1) is 25.0. The maximum absolute atomic E-state index is 6.08. The maximum atomic E-state index is 6.08. The van der Waals surface area contributed by atoms with E-state index >= 15 is 0 Å². The van der Waals surface area contributed by atoms with Crippen LogP contribution >= 0.6 is 24.0 Å². The van der Waals surface area contributed by atoms with E-state index in [1.54, 1.807) is 0 Å². The van der Waals surface area contributed by atoms with E-state index in [0.717, 1.165) is 64.8 Å². The molecule has 2 rings (SSSR count). The normalized spacial score (nSPS) is 21.8. The molecule has 1 aliphatic carbocycles. The van der Waals surface area contributed by atoms with Crippen molar-refractivity contribution >= 4 is 29.9 Å². The molecule has 2 fully saturated rings. The monoisotopic (exact) mass is 495 g/mol. The fourth-order valence-corrected chi connectivity index (χ4v) is 3.93. The summed E-state index contributed by atoms with van der Waals surface area (Å²) in [6.45, 7) is 10.8. The Balaban J connectivity index is 0.00000364. The summed E-state index contributed by atoms with van der Waals surface area (Å²) in [5, 5.41) is 3.45. The van der Waals surface area contributed by atoms with Crippen LogP contribution < -0.4 is 5.32 Å². The Bertz CT molecular complexity index is 388. The molecule has 5 nitrogen and oxygen atoms in total. The third kappa shape index (κ3) is 10.3. The number of guanidine groups is 1. The van der Waals surface area contributed by atoms with Crippen LogP contribution in [0, 0.1) is 5.92 Å². The van der Waals surface area contributed by atoms with Crippen molar-refractivity contribution in [2.45, 2.75) is 77.7 Å². The lowest BCUT2D eigenvalue weighted by molar-refractivity contribution is 0.0412. The first-order valence-corrected chi connectivity index (χ1v) is 11.1. The van der Waals surface area contributed by atoms with Crippen molar-refractivity contribution in [2.24, 2.45) is 10.9 Å². The van der Waals surface area contributed by atoms with Crippen LogP contribution in [0.4, 0.5) is 0 Å². The number of ether oxygens (including phenoxy) is 2. The van der Waals surface area contributed by atoms with E-state index in [4.69, 9.17) is 14.5 Å². The van der Waals surface area contributed by atoms with Crippen molar-refractivity contribution in [1.82, 2.24) is 10.2 Å². The molecule has 2 aliphatic rings. The van der Waals surface area contributed by atoms with Crippen LogP contribution in [0.2, 0.25) is 0 Å². The Morgan fingerprint density at radius 3 is 2.56 bits per heavy atom. The molecule has 1 saturated carbocycles. The zero-order valence-electron chi connectivity index (χ0n) is 17.6. The predicted octanol–water partition coefficient (Wildman–Crippen LogP) is 4.45. The Kier molecular flexibility index (Phi) is 14.6. The minimum absolute atomic E-state index is 0. The van der Waals surface area contributed by atoms with Gasteiger partial charge in [-0.15, -0.1) is 24.0 Å². The largest absolute Gasteiger partial charge is 0.381 e. The van der Waals surface area contributed by atoms with Gasteiger partial charge in [-0.3, -0.25) is 4.99 Å². The molecule has 0 spiro atoms. The number of hydrogen-bond donors (Lipinski definition) is 1. The van der Waals surface area contributed by atoms with Crippen molar-refractivity contribution < 1.29 is 9.47 Å². The molecule has 0 aromatic carbocycles. The number of nitrogens with one attached hydrogen (secondary N) is 1. The number of rotatable bonds is 10. The average Bonchev–Trinajstić information content (AvgIpc) is 2.97. The summed E-state index contributed by atoms with van der Waals surface area (Å²) in [6.07, 6.45) is 12.0. The number of unbranched alkanes of at least 4 members (excludes halogenated alkanes) is 1. The number of likely N-dealkylation sites (tertiary alicyclic amines) is 1. The van der Waals surface area contributed by atoms with Crippen LogP contribution in [-0.4, -0.2) is 63.0 Å². The van der Waals surface area contributed by atoms with Gasteiger partial charge in [-0.05, 0) is 46.0 Å². The number of nitrogens with zero attached hydrogens (tertiary/aromatic N) is 2. The van der Waals surface area contributed by atoms with E-state index in [1.165, 1.54) is 44.9 Å². The summed E-state index contributed by atoms with van der Waals surface area (Å²) in [6, 6.07) is 0. The molecule has 1 aliphatic heterocycles. The van der Waals surface area contributed by atoms with Crippen molar-refractivity contribution in [1.29, 1.82) is 0 Å². The molecule has 0 aromatic heterocycles. The smallest absolute Gasteiger partial charge is 0.193 e. The molecule has 1 N–H and O–H groups in total. The minimum Gasteiger partial charge on any atom is -0.381 e. The second-order valence-corrected chi connectivity index (χ2v) is 7.69. The van der Waals surface area contributed by atoms with Crippen LogP contribution in [0.25, 0.3) is 0 Å². The lowest BCUT2D eigenvalue weighted by Gasteiger charge is -2.21. The maximum Gasteiger partial charge on any atom is 0.193 e. The highest BCUT2D eigenvalue weighted by Crippen LogP contribution is 2.20. The van der Waals surface area contributed by atoms with Gasteiger partial charge in [0.2, 0.25) is 0 Å². The zero-order valence-corrected chi connectivity index (χ0v) is 19.9. The van der Waals surface area contributed by atoms with Gasteiger partial charge in [0.1, 0.15) is 0 Å². The summed E-state index contributed by atoms with van der Waals surface area (Å²) >= 11 is 0. The number of aliphatic imine (C=N–C) groups is 1. The van der Waals surface area contributed by atoms with E-state index in [1.807, 2.05) is 0 Å². The summed E-state index contributed by atoms with van der Waals surface area (Å²) in [7, 11) is 0. The lowest BCUT2D eigenvalue weighted by Crippen LogP contribution is -2.40. The SMILES string of the molecule is CCNC(=NCCCCOC1CCCCCC1)N1CCC(COCC)C1.I. The van der Waals surface area contributed by atoms with Crippen molar-refractivity contribution in [3.8, 4) is 0 Å². The van der Waals surface area contributed by atoms with Crippen LogP contribution in [-0.2, 0) is 9.47 Å². The quantitative estimate of drug-likeness (QED) is 0.160. The van der Waals surface area contributed by atoms with Gasteiger partial charge in [-0.25, -0.2) is 0 Å². The molecular formula is C21H42IN3O2. The Hall–Kier alpha value is -0.0800. The van der Waals surface area contributed by atoms with E-state index in [-0.39, 0.29) is 24.0 Å². The van der Waals surface area contributed by atoms with Crippen molar-refractivity contribution in [3.63, 3.8) is 0 Å². The standard InChI is InChI=1S/C21H41N3O2.HI/c1-3-22-21(24-15-13-19(17-24)18-25-4-2)23-14-9-10-16-26-20-11-7-5-6-8-12-20;/h19-20H,3-18H2,1-2H3,(H,22,23);1H. The number of halogens is 1. The van der Waals surface area contributed by atoms with Crippen molar-refractivity contribution in [3.05, 3.63) is 0 Å². The van der Waals surface area contributed by atoms with E-state index in [0.29, 0.717) is 12.0 Å². The fourth-order valence-electron chi connectivity index (χ4n) is 3.93. The first-order valence-electron chi connectivity index (χ1n) is 11.1. The van der Waals surface area contributed by atoms with Crippen molar-refractivity contribution in [2.75, 3.05) is 46.0 Å². The lowest BCUT2D eigenvalue weighted by atomic mass is 10.1. The van der Waals surface area contributed by atoms with Crippen LogP contribution in [0.1, 0.15) is 71.6 Å². The van der Waals surface area contributed by atoms with E-state index < -0.39 is 0 Å². The molecule has 1 heterocycles. The summed E-state index contributed by atoms with van der Waals surface area (Å²) < 4.78 is 11.7. The second-order valence-electron chi connectivity index (χ2n) is 7.69. The Morgan fingerprint density at radius 2 is 1.85 bits per heavy atom. The Labute approximate surface area is 184 Å². The molecule has 27 heavy (non-hydrogen) atoms. The molecule has 160 valence electrons. The minimum atomic E-state index is 0. The third-order valence-corrected chi connectivity index (χ3v) is 5.45. The Morgan fingerprint density at radius 1 is 1.07 bits per heavy atom. The van der Waals surface area contributed by atoms with Gasteiger partial charge in [-0.2, -0.15) is 0 Å². The summed E-state index contributed by atoms with van der Waals surface area (Å²) in [5.74, 6) is 1.72. The van der Waals surface area contributed by atoms with E-state index in [2.05, 4.69) is 24.1 Å². The van der Waals surface area contributed by atoms with Gasteiger partial charge in [-0.1, -0.05) is 25.7 Å². The molecule has 0 aromatic rings. The molecule has 1 unspecified atom stereocenters. The van der Waals surface area contributed by atoms with Crippen LogP contribution in [0.15, 0.2) is 4.99 Å². The highest BCUT2D eigenvalue weighted by atomic mass is 127. The summed E-state index contributed by atoms with van der Waals surface area (Å²) in [4.78, 5) is 7.24. The summed E-state index contributed by atoms with van der Waals surface area (Å²) in [5.41, 5.74) is 0. The molecule has 0 radical (unpaired) electrons. The van der Waals surface area contributed by atoms with Gasteiger partial charge >= 0.3 is 0 Å². The highest BCUT2D eigenvalue weighted by molar-refractivity contribution is 14.0. The van der Waals surface area contributed by atoms with Gasteiger partial charge in [0.15, 0.2) is 5.96 Å².